The van der Waals surface area contributed by atoms with Crippen molar-refractivity contribution in [2.75, 3.05) is 6.54 Å². The fourth-order valence-corrected chi connectivity index (χ4v) is 4.30. The van der Waals surface area contributed by atoms with Gasteiger partial charge in [-0.25, -0.2) is 0 Å². The molecule has 0 saturated carbocycles. The highest BCUT2D eigenvalue weighted by Gasteiger charge is 2.14. The van der Waals surface area contributed by atoms with Crippen molar-refractivity contribution in [1.82, 2.24) is 5.32 Å². The van der Waals surface area contributed by atoms with Gasteiger partial charge in [-0.2, -0.15) is 0 Å². The van der Waals surface area contributed by atoms with Crippen molar-refractivity contribution < 1.29 is 0 Å². The van der Waals surface area contributed by atoms with Crippen LogP contribution in [-0.2, 0) is 25.8 Å². The van der Waals surface area contributed by atoms with Crippen LogP contribution in [0.25, 0.3) is 0 Å². The van der Waals surface area contributed by atoms with E-state index in [-0.39, 0.29) is 0 Å². The summed E-state index contributed by atoms with van der Waals surface area (Å²) in [5.74, 6) is 0. The maximum Gasteiger partial charge on any atom is 0.0300 e. The number of rotatable bonds is 5. The van der Waals surface area contributed by atoms with Crippen molar-refractivity contribution in [1.29, 1.82) is 0 Å². The van der Waals surface area contributed by atoms with Gasteiger partial charge in [-0.05, 0) is 48.8 Å². The topological polar surface area (TPSA) is 12.0 Å². The van der Waals surface area contributed by atoms with Gasteiger partial charge in [-0.3, -0.25) is 0 Å². The van der Waals surface area contributed by atoms with Gasteiger partial charge in [0.2, 0.25) is 0 Å². The van der Waals surface area contributed by atoms with E-state index in [1.807, 2.05) is 22.7 Å². The van der Waals surface area contributed by atoms with Crippen LogP contribution in [0.4, 0.5) is 0 Å². The Morgan fingerprint density at radius 2 is 2.24 bits per heavy atom. The van der Waals surface area contributed by atoms with Crippen LogP contribution in [0.1, 0.15) is 26.6 Å². The highest BCUT2D eigenvalue weighted by atomic mass is 32.1. The predicted octanol–water partition coefficient (Wildman–Crippen LogP) is 3.63. The average Bonchev–Trinajstić information content (AvgIpc) is 3.00. The molecule has 1 N–H and O–H groups in total. The zero-order valence-corrected chi connectivity index (χ0v) is 11.5. The number of hydrogen-bond donors (Lipinski definition) is 1. The molecule has 17 heavy (non-hydrogen) atoms. The Morgan fingerprint density at radius 1 is 1.24 bits per heavy atom. The largest absolute Gasteiger partial charge is 0.311 e. The van der Waals surface area contributed by atoms with Gasteiger partial charge in [-0.1, -0.05) is 6.07 Å². The van der Waals surface area contributed by atoms with E-state index >= 15 is 0 Å². The van der Waals surface area contributed by atoms with Gasteiger partial charge in [-0.15, -0.1) is 22.7 Å². The summed E-state index contributed by atoms with van der Waals surface area (Å²) in [5, 5.41) is 5.70. The predicted molar refractivity (Wildman–Crippen MR) is 76.1 cm³/mol. The lowest BCUT2D eigenvalue weighted by Gasteiger charge is -2.01. The van der Waals surface area contributed by atoms with Crippen LogP contribution >= 0.6 is 22.7 Å². The fourth-order valence-electron chi connectivity index (χ4n) is 2.36. The van der Waals surface area contributed by atoms with Crippen LogP contribution in [0.5, 0.6) is 0 Å². The standard InChI is InChI=1S/C14H17NS2/c1-3-11-9-13(17-14(11)5-1)10-15-7-6-12-4-2-8-16-12/h2,4,8-9,15H,1,3,5-7,10H2. The van der Waals surface area contributed by atoms with E-state index in [4.69, 9.17) is 0 Å². The van der Waals surface area contributed by atoms with Crippen molar-refractivity contribution in [3.05, 3.63) is 43.8 Å². The van der Waals surface area contributed by atoms with Gasteiger partial charge in [0.25, 0.3) is 0 Å². The Bertz CT molecular complexity index is 449. The maximum absolute atomic E-state index is 3.55. The van der Waals surface area contributed by atoms with Gasteiger partial charge in [0, 0.05) is 27.7 Å². The third-order valence-corrected chi connectivity index (χ3v) is 5.40. The summed E-state index contributed by atoms with van der Waals surface area (Å²) in [6.07, 6.45) is 5.15. The molecule has 0 bridgehead atoms. The molecule has 1 nitrogen and oxygen atoms in total. The molecule has 0 aliphatic heterocycles. The molecule has 2 aromatic heterocycles. The number of aryl methyl sites for hydroxylation is 2. The van der Waals surface area contributed by atoms with Crippen molar-refractivity contribution in [3.8, 4) is 0 Å². The summed E-state index contributed by atoms with van der Waals surface area (Å²) in [6, 6.07) is 6.75. The summed E-state index contributed by atoms with van der Waals surface area (Å²) in [7, 11) is 0. The second-order valence-electron chi connectivity index (χ2n) is 4.52. The van der Waals surface area contributed by atoms with Crippen molar-refractivity contribution in [2.45, 2.75) is 32.2 Å². The molecule has 3 rings (SSSR count). The second-order valence-corrected chi connectivity index (χ2v) is 6.77. The van der Waals surface area contributed by atoms with Gasteiger partial charge < -0.3 is 5.32 Å². The molecule has 0 atom stereocenters. The number of fused-ring (bicyclic) bond motifs is 1. The molecule has 1 aliphatic rings. The van der Waals surface area contributed by atoms with E-state index in [1.54, 1.807) is 10.4 Å². The monoisotopic (exact) mass is 263 g/mol. The smallest absolute Gasteiger partial charge is 0.0300 e. The first-order valence-corrected chi connectivity index (χ1v) is 7.95. The molecule has 0 spiro atoms. The first kappa shape index (κ1) is 11.5. The third-order valence-electron chi connectivity index (χ3n) is 3.23. The third kappa shape index (κ3) is 2.79. The summed E-state index contributed by atoms with van der Waals surface area (Å²) >= 11 is 3.86. The summed E-state index contributed by atoms with van der Waals surface area (Å²) in [4.78, 5) is 4.63. The van der Waals surface area contributed by atoms with Gasteiger partial charge in [0.15, 0.2) is 0 Å². The molecule has 1 aliphatic carbocycles. The first-order valence-electron chi connectivity index (χ1n) is 6.25. The minimum absolute atomic E-state index is 1.04. The number of nitrogens with one attached hydrogen (secondary N) is 1. The minimum Gasteiger partial charge on any atom is -0.311 e. The molecule has 0 amide bonds. The van der Waals surface area contributed by atoms with E-state index in [2.05, 4.69) is 28.9 Å². The van der Waals surface area contributed by atoms with E-state index in [1.165, 1.54) is 29.0 Å². The summed E-state index contributed by atoms with van der Waals surface area (Å²) in [5.41, 5.74) is 1.62. The molecule has 0 aromatic carbocycles. The molecule has 0 fully saturated rings. The van der Waals surface area contributed by atoms with E-state index in [0.717, 1.165) is 19.5 Å². The van der Waals surface area contributed by atoms with E-state index in [9.17, 15) is 0 Å². The Labute approximate surface area is 111 Å². The first-order chi connectivity index (χ1) is 8.42. The van der Waals surface area contributed by atoms with Gasteiger partial charge in [0.1, 0.15) is 0 Å². The Morgan fingerprint density at radius 3 is 3.06 bits per heavy atom. The van der Waals surface area contributed by atoms with Crippen LogP contribution in [0, 0.1) is 0 Å². The minimum atomic E-state index is 1.04. The van der Waals surface area contributed by atoms with Crippen molar-refractivity contribution in [2.24, 2.45) is 0 Å². The van der Waals surface area contributed by atoms with Gasteiger partial charge in [0.05, 0.1) is 0 Å². The lowest BCUT2D eigenvalue weighted by Crippen LogP contribution is -2.15. The highest BCUT2D eigenvalue weighted by Crippen LogP contribution is 2.30. The van der Waals surface area contributed by atoms with Crippen LogP contribution in [0.3, 0.4) is 0 Å². The molecular weight excluding hydrogens is 246 g/mol. The quantitative estimate of drug-likeness (QED) is 0.812. The van der Waals surface area contributed by atoms with E-state index < -0.39 is 0 Å². The molecule has 2 aromatic rings. The lowest BCUT2D eigenvalue weighted by atomic mass is 10.2. The maximum atomic E-state index is 3.55. The van der Waals surface area contributed by atoms with Crippen LogP contribution in [-0.4, -0.2) is 6.54 Å². The SMILES string of the molecule is c1csc(CCNCc2cc3c(s2)CCC3)c1. The molecule has 2 heterocycles. The molecule has 0 unspecified atom stereocenters. The van der Waals surface area contributed by atoms with Crippen molar-refractivity contribution in [3.63, 3.8) is 0 Å². The Hall–Kier alpha value is -0.640. The number of hydrogen-bond acceptors (Lipinski definition) is 3. The molecular formula is C14H17NS2. The van der Waals surface area contributed by atoms with Crippen molar-refractivity contribution >= 4 is 22.7 Å². The normalized spacial score (nSPS) is 14.1. The molecule has 3 heteroatoms. The second kappa shape index (κ2) is 5.34. The highest BCUT2D eigenvalue weighted by molar-refractivity contribution is 7.12. The Balaban J connectivity index is 1.44. The molecule has 0 radical (unpaired) electrons. The van der Waals surface area contributed by atoms with E-state index in [0.29, 0.717) is 0 Å². The van der Waals surface area contributed by atoms with Crippen LogP contribution in [0.2, 0.25) is 0 Å². The zero-order valence-electron chi connectivity index (χ0n) is 9.87. The molecule has 90 valence electrons. The van der Waals surface area contributed by atoms with Crippen LogP contribution < -0.4 is 5.32 Å². The van der Waals surface area contributed by atoms with Gasteiger partial charge >= 0.3 is 0 Å². The zero-order chi connectivity index (χ0) is 11.5. The summed E-state index contributed by atoms with van der Waals surface area (Å²) in [6.45, 7) is 2.13. The average molecular weight is 263 g/mol. The number of thiophene rings is 2. The fraction of sp³-hybridized carbons (Fsp3) is 0.429. The Kier molecular flexibility index (Phi) is 3.60. The lowest BCUT2D eigenvalue weighted by molar-refractivity contribution is 0.697. The summed E-state index contributed by atoms with van der Waals surface area (Å²) < 4.78 is 0. The van der Waals surface area contributed by atoms with Crippen LogP contribution in [0.15, 0.2) is 23.6 Å². The molecule has 0 saturated heterocycles.